The second kappa shape index (κ2) is 4.96. The predicted octanol–water partition coefficient (Wildman–Crippen LogP) is 0.878. The third-order valence-electron chi connectivity index (χ3n) is 2.84. The van der Waals surface area contributed by atoms with Crippen molar-refractivity contribution in [2.75, 3.05) is 18.5 Å². The SMILES string of the molecule is CC(C)(CO)NCc1ccc2c(c1)NC(=O)CO2. The highest BCUT2D eigenvalue weighted by molar-refractivity contribution is 5.95. The highest BCUT2D eigenvalue weighted by atomic mass is 16.5. The zero-order valence-corrected chi connectivity index (χ0v) is 10.6. The Hall–Kier alpha value is -1.59. The first-order chi connectivity index (χ1) is 8.50. The number of amides is 1. The first-order valence-electron chi connectivity index (χ1n) is 5.92. The molecule has 1 aliphatic heterocycles. The van der Waals surface area contributed by atoms with Crippen LogP contribution in [0, 0.1) is 0 Å². The van der Waals surface area contributed by atoms with Crippen LogP contribution in [-0.4, -0.2) is 29.8 Å². The number of anilines is 1. The van der Waals surface area contributed by atoms with E-state index in [-0.39, 0.29) is 24.7 Å². The quantitative estimate of drug-likeness (QED) is 0.742. The Morgan fingerprint density at radius 1 is 1.50 bits per heavy atom. The number of carbonyl (C=O) groups is 1. The van der Waals surface area contributed by atoms with Crippen molar-refractivity contribution in [2.24, 2.45) is 0 Å². The molecule has 98 valence electrons. The van der Waals surface area contributed by atoms with Gasteiger partial charge >= 0.3 is 0 Å². The molecule has 0 aliphatic carbocycles. The van der Waals surface area contributed by atoms with Crippen molar-refractivity contribution in [3.05, 3.63) is 23.8 Å². The summed E-state index contributed by atoms with van der Waals surface area (Å²) in [6, 6.07) is 5.67. The monoisotopic (exact) mass is 250 g/mol. The van der Waals surface area contributed by atoms with E-state index in [0.29, 0.717) is 18.0 Å². The lowest BCUT2D eigenvalue weighted by Crippen LogP contribution is -2.42. The third kappa shape index (κ3) is 3.00. The van der Waals surface area contributed by atoms with Crippen LogP contribution in [0.3, 0.4) is 0 Å². The van der Waals surface area contributed by atoms with Gasteiger partial charge in [0, 0.05) is 12.1 Å². The van der Waals surface area contributed by atoms with Gasteiger partial charge in [-0.3, -0.25) is 4.79 Å². The molecule has 0 bridgehead atoms. The summed E-state index contributed by atoms with van der Waals surface area (Å²) in [6.07, 6.45) is 0. The van der Waals surface area contributed by atoms with E-state index in [9.17, 15) is 4.79 Å². The van der Waals surface area contributed by atoms with Crippen molar-refractivity contribution in [1.82, 2.24) is 5.32 Å². The van der Waals surface area contributed by atoms with Crippen LogP contribution in [0.2, 0.25) is 0 Å². The summed E-state index contributed by atoms with van der Waals surface area (Å²) in [7, 11) is 0. The van der Waals surface area contributed by atoms with Gasteiger partial charge in [0.1, 0.15) is 5.75 Å². The third-order valence-corrected chi connectivity index (χ3v) is 2.84. The molecule has 1 aliphatic rings. The maximum Gasteiger partial charge on any atom is 0.262 e. The van der Waals surface area contributed by atoms with Crippen molar-refractivity contribution >= 4 is 11.6 Å². The summed E-state index contributed by atoms with van der Waals surface area (Å²) in [5, 5.41) is 15.2. The Morgan fingerprint density at radius 3 is 3.00 bits per heavy atom. The number of hydrogen-bond donors (Lipinski definition) is 3. The number of ether oxygens (including phenoxy) is 1. The van der Waals surface area contributed by atoms with E-state index in [1.165, 1.54) is 0 Å². The van der Waals surface area contributed by atoms with Gasteiger partial charge in [0.25, 0.3) is 5.91 Å². The number of aliphatic hydroxyl groups is 1. The molecule has 3 N–H and O–H groups in total. The number of aliphatic hydroxyl groups excluding tert-OH is 1. The average molecular weight is 250 g/mol. The molecular formula is C13H18N2O3. The summed E-state index contributed by atoms with van der Waals surface area (Å²) < 4.78 is 5.28. The molecule has 0 spiro atoms. The second-order valence-electron chi connectivity index (χ2n) is 5.06. The van der Waals surface area contributed by atoms with Gasteiger partial charge in [0.05, 0.1) is 12.3 Å². The van der Waals surface area contributed by atoms with Crippen LogP contribution in [0.4, 0.5) is 5.69 Å². The number of carbonyl (C=O) groups excluding carboxylic acids is 1. The molecule has 1 aromatic rings. The normalized spacial score (nSPS) is 14.7. The van der Waals surface area contributed by atoms with Gasteiger partial charge in [-0.15, -0.1) is 0 Å². The van der Waals surface area contributed by atoms with Gasteiger partial charge in [0.15, 0.2) is 6.61 Å². The Kier molecular flexibility index (Phi) is 3.54. The summed E-state index contributed by atoms with van der Waals surface area (Å²) in [5.74, 6) is 0.558. The molecule has 1 amide bonds. The Morgan fingerprint density at radius 2 is 2.28 bits per heavy atom. The van der Waals surface area contributed by atoms with Crippen molar-refractivity contribution in [3.63, 3.8) is 0 Å². The summed E-state index contributed by atoms with van der Waals surface area (Å²) in [4.78, 5) is 11.2. The first-order valence-corrected chi connectivity index (χ1v) is 5.92. The van der Waals surface area contributed by atoms with Gasteiger partial charge in [-0.05, 0) is 31.5 Å². The Labute approximate surface area is 106 Å². The lowest BCUT2D eigenvalue weighted by molar-refractivity contribution is -0.118. The number of benzene rings is 1. The second-order valence-corrected chi connectivity index (χ2v) is 5.06. The molecule has 0 atom stereocenters. The molecule has 1 aromatic carbocycles. The van der Waals surface area contributed by atoms with Gasteiger partial charge < -0.3 is 20.5 Å². The van der Waals surface area contributed by atoms with E-state index >= 15 is 0 Å². The van der Waals surface area contributed by atoms with Crippen molar-refractivity contribution in [1.29, 1.82) is 0 Å². The van der Waals surface area contributed by atoms with Crippen LogP contribution >= 0.6 is 0 Å². The zero-order chi connectivity index (χ0) is 13.2. The topological polar surface area (TPSA) is 70.6 Å². The number of rotatable bonds is 4. The minimum atomic E-state index is -0.324. The van der Waals surface area contributed by atoms with E-state index in [0.717, 1.165) is 5.56 Å². The molecular weight excluding hydrogens is 232 g/mol. The molecule has 0 unspecified atom stereocenters. The van der Waals surface area contributed by atoms with E-state index < -0.39 is 0 Å². The lowest BCUT2D eigenvalue weighted by Gasteiger charge is -2.24. The highest BCUT2D eigenvalue weighted by Crippen LogP contribution is 2.28. The summed E-state index contributed by atoms with van der Waals surface area (Å²) in [5.41, 5.74) is 1.41. The molecule has 0 saturated heterocycles. The molecule has 18 heavy (non-hydrogen) atoms. The smallest absolute Gasteiger partial charge is 0.262 e. The fourth-order valence-corrected chi connectivity index (χ4v) is 1.64. The Bertz CT molecular complexity index is 458. The van der Waals surface area contributed by atoms with Crippen LogP contribution in [0.25, 0.3) is 0 Å². The minimum Gasteiger partial charge on any atom is -0.482 e. The molecule has 0 saturated carbocycles. The molecule has 0 radical (unpaired) electrons. The molecule has 5 nitrogen and oxygen atoms in total. The van der Waals surface area contributed by atoms with Crippen LogP contribution in [0.5, 0.6) is 5.75 Å². The molecule has 1 heterocycles. The van der Waals surface area contributed by atoms with Crippen molar-refractivity contribution in [3.8, 4) is 5.75 Å². The van der Waals surface area contributed by atoms with E-state index in [1.807, 2.05) is 32.0 Å². The zero-order valence-electron chi connectivity index (χ0n) is 10.6. The minimum absolute atomic E-state index is 0.0672. The van der Waals surface area contributed by atoms with Gasteiger partial charge in [-0.1, -0.05) is 6.07 Å². The first kappa shape index (κ1) is 12.9. The Balaban J connectivity index is 2.07. The maximum atomic E-state index is 11.2. The summed E-state index contributed by atoms with van der Waals surface area (Å²) >= 11 is 0. The summed E-state index contributed by atoms with van der Waals surface area (Å²) in [6.45, 7) is 4.61. The highest BCUT2D eigenvalue weighted by Gasteiger charge is 2.18. The largest absolute Gasteiger partial charge is 0.482 e. The fraction of sp³-hybridized carbons (Fsp3) is 0.462. The van der Waals surface area contributed by atoms with Crippen LogP contribution in [0.1, 0.15) is 19.4 Å². The van der Waals surface area contributed by atoms with Gasteiger partial charge in [-0.2, -0.15) is 0 Å². The van der Waals surface area contributed by atoms with Gasteiger partial charge in [0.2, 0.25) is 0 Å². The molecule has 2 rings (SSSR count). The number of fused-ring (bicyclic) bond motifs is 1. The molecule has 0 fully saturated rings. The van der Waals surface area contributed by atoms with E-state index in [4.69, 9.17) is 9.84 Å². The fourth-order valence-electron chi connectivity index (χ4n) is 1.64. The number of hydrogen-bond acceptors (Lipinski definition) is 4. The van der Waals surface area contributed by atoms with Crippen LogP contribution in [0.15, 0.2) is 18.2 Å². The number of nitrogens with one attached hydrogen (secondary N) is 2. The van der Waals surface area contributed by atoms with Crippen molar-refractivity contribution in [2.45, 2.75) is 25.9 Å². The van der Waals surface area contributed by atoms with E-state index in [1.54, 1.807) is 0 Å². The predicted molar refractivity (Wildman–Crippen MR) is 68.6 cm³/mol. The standard InChI is InChI=1S/C13H18N2O3/c1-13(2,8-16)14-6-9-3-4-11-10(5-9)15-12(17)7-18-11/h3-5,14,16H,6-8H2,1-2H3,(H,15,17). The van der Waals surface area contributed by atoms with Crippen molar-refractivity contribution < 1.29 is 14.6 Å². The van der Waals surface area contributed by atoms with E-state index in [2.05, 4.69) is 10.6 Å². The van der Waals surface area contributed by atoms with Gasteiger partial charge in [-0.25, -0.2) is 0 Å². The van der Waals surface area contributed by atoms with Crippen LogP contribution in [-0.2, 0) is 11.3 Å². The lowest BCUT2D eigenvalue weighted by atomic mass is 10.1. The average Bonchev–Trinajstić information content (AvgIpc) is 2.36. The molecule has 5 heteroatoms. The van der Waals surface area contributed by atoms with Crippen LogP contribution < -0.4 is 15.4 Å². The molecule has 0 aromatic heterocycles. The maximum absolute atomic E-state index is 11.2.